The molecule has 1 N–H and O–H groups in total. The molecule has 2 aromatic carbocycles. The number of anilines is 1. The van der Waals surface area contributed by atoms with Crippen molar-refractivity contribution in [2.75, 3.05) is 11.4 Å². The SMILES string of the molecule is CC[C@@H]1C[C@H](OCc2c(-c3ccccc3OC(F)(F)F)noc2C2CC2)CCN1c1nc(-c2ccc(C(=O)O)cc2C(F)(F)F)cs1. The van der Waals surface area contributed by atoms with Gasteiger partial charge in [0.05, 0.1) is 29.5 Å². The topological polar surface area (TPSA) is 97.9 Å². The van der Waals surface area contributed by atoms with Crippen molar-refractivity contribution in [3.05, 3.63) is 70.3 Å². The van der Waals surface area contributed by atoms with Crippen LogP contribution in [0.4, 0.5) is 31.5 Å². The number of carbonyl (C=O) groups is 1. The van der Waals surface area contributed by atoms with E-state index in [2.05, 4.69) is 14.9 Å². The summed E-state index contributed by atoms with van der Waals surface area (Å²) in [5.74, 6) is -1.13. The maximum absolute atomic E-state index is 13.8. The van der Waals surface area contributed by atoms with Crippen LogP contribution in [-0.4, -0.2) is 46.3 Å². The molecule has 6 rings (SSSR count). The summed E-state index contributed by atoms with van der Waals surface area (Å²) in [6.45, 7) is 2.57. The molecule has 1 aliphatic carbocycles. The van der Waals surface area contributed by atoms with Crippen molar-refractivity contribution in [3.8, 4) is 28.3 Å². The smallest absolute Gasteiger partial charge is 0.478 e. The van der Waals surface area contributed by atoms with Gasteiger partial charge in [-0.3, -0.25) is 0 Å². The zero-order valence-corrected chi connectivity index (χ0v) is 25.7. The highest BCUT2D eigenvalue weighted by molar-refractivity contribution is 7.14. The summed E-state index contributed by atoms with van der Waals surface area (Å²) in [4.78, 5) is 17.9. The summed E-state index contributed by atoms with van der Waals surface area (Å²) in [6.07, 6.45) is -6.27. The van der Waals surface area contributed by atoms with Crippen LogP contribution in [0, 0.1) is 0 Å². The average Bonchev–Trinajstić information content (AvgIpc) is 3.59. The van der Waals surface area contributed by atoms with Gasteiger partial charge in [0.15, 0.2) is 5.13 Å². The van der Waals surface area contributed by atoms with Crippen molar-refractivity contribution in [1.82, 2.24) is 10.1 Å². The quantitative estimate of drug-likeness (QED) is 0.166. The summed E-state index contributed by atoms with van der Waals surface area (Å²) in [5, 5.41) is 15.4. The average molecular weight is 682 g/mol. The number of hydrogen-bond acceptors (Lipinski definition) is 8. The molecule has 0 spiro atoms. The Morgan fingerprint density at radius 2 is 1.85 bits per heavy atom. The van der Waals surface area contributed by atoms with Crippen LogP contribution in [0.15, 0.2) is 52.4 Å². The number of para-hydroxylation sites is 1. The number of carboxylic acids is 1. The Hall–Kier alpha value is -4.11. The number of nitrogens with zero attached hydrogens (tertiary/aromatic N) is 3. The Morgan fingerprint density at radius 1 is 1.09 bits per heavy atom. The number of ether oxygens (including phenoxy) is 2. The molecule has 2 atom stereocenters. The lowest BCUT2D eigenvalue weighted by Crippen LogP contribution is -2.44. The van der Waals surface area contributed by atoms with Gasteiger partial charge in [0.2, 0.25) is 0 Å². The van der Waals surface area contributed by atoms with E-state index in [1.807, 2.05) is 11.8 Å². The fourth-order valence-electron chi connectivity index (χ4n) is 5.88. The molecule has 250 valence electrons. The predicted octanol–water partition coefficient (Wildman–Crippen LogP) is 8.92. The third-order valence-electron chi connectivity index (χ3n) is 8.32. The van der Waals surface area contributed by atoms with Gasteiger partial charge in [-0.25, -0.2) is 9.78 Å². The van der Waals surface area contributed by atoms with Crippen molar-refractivity contribution in [2.24, 2.45) is 0 Å². The first-order valence-corrected chi connectivity index (χ1v) is 15.8. The van der Waals surface area contributed by atoms with Crippen LogP contribution in [0.1, 0.15) is 72.2 Å². The highest BCUT2D eigenvalue weighted by Gasteiger charge is 2.38. The first kappa shape index (κ1) is 32.8. The van der Waals surface area contributed by atoms with Gasteiger partial charge in [-0.05, 0) is 56.4 Å². The van der Waals surface area contributed by atoms with E-state index in [0.717, 1.165) is 25.0 Å². The summed E-state index contributed by atoms with van der Waals surface area (Å²) >= 11 is 1.21. The number of thiazole rings is 1. The van der Waals surface area contributed by atoms with E-state index in [-0.39, 0.29) is 52.9 Å². The van der Waals surface area contributed by atoms with E-state index in [4.69, 9.17) is 9.26 Å². The molecule has 3 heterocycles. The molecule has 8 nitrogen and oxygen atoms in total. The van der Waals surface area contributed by atoms with E-state index in [1.54, 1.807) is 6.07 Å². The first-order valence-electron chi connectivity index (χ1n) is 14.9. The van der Waals surface area contributed by atoms with E-state index >= 15 is 0 Å². The molecule has 0 unspecified atom stereocenters. The fourth-order valence-corrected chi connectivity index (χ4v) is 6.80. The molecule has 2 aliphatic rings. The molecule has 1 saturated carbocycles. The van der Waals surface area contributed by atoms with Crippen LogP contribution < -0.4 is 9.64 Å². The van der Waals surface area contributed by atoms with Crippen molar-refractivity contribution in [1.29, 1.82) is 0 Å². The summed E-state index contributed by atoms with van der Waals surface area (Å²) in [6, 6.07) is 8.57. The van der Waals surface area contributed by atoms with Gasteiger partial charge in [0, 0.05) is 40.6 Å². The van der Waals surface area contributed by atoms with Crippen molar-refractivity contribution in [2.45, 2.75) is 76.2 Å². The van der Waals surface area contributed by atoms with Crippen molar-refractivity contribution < 1.29 is 50.2 Å². The van der Waals surface area contributed by atoms with Gasteiger partial charge in [0.1, 0.15) is 17.2 Å². The Balaban J connectivity index is 1.18. The minimum Gasteiger partial charge on any atom is -0.478 e. The number of halogens is 6. The Labute approximate surface area is 268 Å². The van der Waals surface area contributed by atoms with Gasteiger partial charge in [-0.15, -0.1) is 24.5 Å². The number of benzene rings is 2. The molecule has 4 aromatic rings. The van der Waals surface area contributed by atoms with Gasteiger partial charge in [-0.2, -0.15) is 13.2 Å². The molecule has 1 aliphatic heterocycles. The van der Waals surface area contributed by atoms with Gasteiger partial charge >= 0.3 is 18.5 Å². The van der Waals surface area contributed by atoms with E-state index in [0.29, 0.717) is 48.3 Å². The summed E-state index contributed by atoms with van der Waals surface area (Å²) in [7, 11) is 0. The number of piperidine rings is 1. The monoisotopic (exact) mass is 681 g/mol. The number of carboxylic acid groups (broad SMARTS) is 1. The van der Waals surface area contributed by atoms with Crippen LogP contribution >= 0.6 is 11.3 Å². The van der Waals surface area contributed by atoms with Gasteiger partial charge < -0.3 is 24.0 Å². The normalized spacial score (nSPS) is 18.8. The molecule has 2 aromatic heterocycles. The molecule has 1 saturated heterocycles. The molecular weight excluding hydrogens is 652 g/mol. The van der Waals surface area contributed by atoms with Crippen LogP contribution in [0.25, 0.3) is 22.5 Å². The lowest BCUT2D eigenvalue weighted by molar-refractivity contribution is -0.274. The third kappa shape index (κ3) is 7.25. The maximum Gasteiger partial charge on any atom is 0.573 e. The predicted molar refractivity (Wildman–Crippen MR) is 159 cm³/mol. The highest BCUT2D eigenvalue weighted by atomic mass is 32.1. The minimum atomic E-state index is -4.89. The van der Waals surface area contributed by atoms with Crippen LogP contribution in [0.3, 0.4) is 0 Å². The second-order valence-electron chi connectivity index (χ2n) is 11.5. The lowest BCUT2D eigenvalue weighted by Gasteiger charge is -2.39. The zero-order valence-electron chi connectivity index (χ0n) is 24.9. The third-order valence-corrected chi connectivity index (χ3v) is 9.20. The van der Waals surface area contributed by atoms with E-state index in [9.17, 15) is 36.2 Å². The van der Waals surface area contributed by atoms with Crippen LogP contribution in [0.5, 0.6) is 5.75 Å². The summed E-state index contributed by atoms with van der Waals surface area (Å²) < 4.78 is 97.2. The second kappa shape index (κ2) is 12.8. The Morgan fingerprint density at radius 3 is 2.53 bits per heavy atom. The Kier molecular flexibility index (Phi) is 8.96. The molecule has 47 heavy (non-hydrogen) atoms. The van der Waals surface area contributed by atoms with Gasteiger partial charge in [-0.1, -0.05) is 30.3 Å². The lowest BCUT2D eigenvalue weighted by atomic mass is 9.97. The highest BCUT2D eigenvalue weighted by Crippen LogP contribution is 2.46. The number of aromatic carboxylic acids is 1. The maximum atomic E-state index is 13.8. The summed E-state index contributed by atoms with van der Waals surface area (Å²) in [5.41, 5.74) is -0.669. The van der Waals surface area contributed by atoms with Gasteiger partial charge in [0.25, 0.3) is 0 Å². The van der Waals surface area contributed by atoms with Crippen LogP contribution in [0.2, 0.25) is 0 Å². The minimum absolute atomic E-state index is 0.0463. The fraction of sp³-hybridized carbons (Fsp3) is 0.406. The molecular formula is C32H29F6N3O5S. The van der Waals surface area contributed by atoms with Crippen LogP contribution in [-0.2, 0) is 17.5 Å². The second-order valence-corrected chi connectivity index (χ2v) is 12.3. The van der Waals surface area contributed by atoms with Crippen molar-refractivity contribution in [3.63, 3.8) is 0 Å². The molecule has 15 heteroatoms. The first-order chi connectivity index (χ1) is 22.3. The standard InChI is InChI=1S/C32H29F6N3O5S/c1-2-19-14-20(11-12-41(19)30-39-25(16-47-30)21-10-9-18(29(42)43)13-24(21)31(33,34)35)44-15-23-27(40-46-28(23)17-7-8-17)22-5-3-4-6-26(22)45-32(36,37)38/h3-6,9-10,13,16-17,19-20H,2,7-8,11-12,14-15H2,1H3,(H,42,43)/t19-,20-/m1/s1. The molecule has 0 radical (unpaired) electrons. The number of hydrogen-bond donors (Lipinski definition) is 1. The number of aromatic nitrogens is 2. The molecule has 0 bridgehead atoms. The number of rotatable bonds is 10. The van der Waals surface area contributed by atoms with Crippen molar-refractivity contribution >= 4 is 22.4 Å². The molecule has 2 fully saturated rings. The largest absolute Gasteiger partial charge is 0.573 e. The van der Waals surface area contributed by atoms with E-state index < -0.39 is 29.6 Å². The zero-order chi connectivity index (χ0) is 33.5. The Bertz CT molecular complexity index is 1750. The number of alkyl halides is 6. The molecule has 0 amide bonds. The van der Waals surface area contributed by atoms with E-state index in [1.165, 1.54) is 34.9 Å².